The highest BCUT2D eigenvalue weighted by Crippen LogP contribution is 2.38. The largest absolute Gasteiger partial charge is 0.399 e. The Morgan fingerprint density at radius 2 is 2.14 bits per heavy atom. The van der Waals surface area contributed by atoms with E-state index >= 15 is 0 Å². The Balaban J connectivity index is 1.90. The van der Waals surface area contributed by atoms with Gasteiger partial charge in [0.2, 0.25) is 0 Å². The second-order valence-electron chi connectivity index (χ2n) is 5.68. The van der Waals surface area contributed by atoms with Gasteiger partial charge in [-0.15, -0.1) is 0 Å². The SMILES string of the molecule is Nc1ccc(S(=O)(=O)C2CCOC3(CCOC3)C2)c(Br)c1. The monoisotopic (exact) mass is 375 g/mol. The zero-order valence-electron chi connectivity index (χ0n) is 11.5. The molecule has 0 aromatic heterocycles. The van der Waals surface area contributed by atoms with E-state index in [0.717, 1.165) is 6.42 Å². The highest BCUT2D eigenvalue weighted by Gasteiger charge is 2.45. The van der Waals surface area contributed by atoms with Crippen LogP contribution < -0.4 is 5.73 Å². The molecule has 7 heteroatoms. The van der Waals surface area contributed by atoms with Crippen molar-refractivity contribution in [3.63, 3.8) is 0 Å². The number of anilines is 1. The summed E-state index contributed by atoms with van der Waals surface area (Å²) in [6.45, 7) is 1.58. The molecule has 0 amide bonds. The molecule has 1 aromatic rings. The molecule has 5 nitrogen and oxygen atoms in total. The summed E-state index contributed by atoms with van der Waals surface area (Å²) in [6, 6.07) is 4.81. The normalized spacial score (nSPS) is 29.9. The summed E-state index contributed by atoms with van der Waals surface area (Å²) < 4.78 is 37.5. The Morgan fingerprint density at radius 1 is 1.33 bits per heavy atom. The molecule has 2 N–H and O–H groups in total. The fraction of sp³-hybridized carbons (Fsp3) is 0.571. The van der Waals surface area contributed by atoms with E-state index in [2.05, 4.69) is 15.9 Å². The summed E-state index contributed by atoms with van der Waals surface area (Å²) >= 11 is 3.31. The molecule has 0 bridgehead atoms. The van der Waals surface area contributed by atoms with Crippen molar-refractivity contribution in [3.8, 4) is 0 Å². The Labute approximate surface area is 132 Å². The van der Waals surface area contributed by atoms with Gasteiger partial charge in [0, 0.05) is 29.8 Å². The van der Waals surface area contributed by atoms with Gasteiger partial charge in [-0.1, -0.05) is 0 Å². The summed E-state index contributed by atoms with van der Waals surface area (Å²) in [6.07, 6.45) is 1.77. The Hall–Kier alpha value is -0.630. The number of sulfone groups is 1. The van der Waals surface area contributed by atoms with E-state index in [1.54, 1.807) is 18.2 Å². The Bertz CT molecular complexity index is 640. The van der Waals surface area contributed by atoms with Gasteiger partial charge in [0.1, 0.15) is 0 Å². The lowest BCUT2D eigenvalue weighted by atomic mass is 9.93. The van der Waals surface area contributed by atoms with E-state index in [1.165, 1.54) is 0 Å². The first kappa shape index (κ1) is 15.3. The summed E-state index contributed by atoms with van der Waals surface area (Å²) in [5.41, 5.74) is 5.80. The lowest BCUT2D eigenvalue weighted by molar-refractivity contribution is -0.0778. The predicted molar refractivity (Wildman–Crippen MR) is 82.9 cm³/mol. The molecule has 2 heterocycles. The predicted octanol–water partition coefficient (Wildman–Crippen LogP) is 2.14. The maximum atomic E-state index is 12.9. The van der Waals surface area contributed by atoms with Crippen molar-refractivity contribution in [2.24, 2.45) is 0 Å². The fourth-order valence-electron chi connectivity index (χ4n) is 3.04. The van der Waals surface area contributed by atoms with Crippen LogP contribution in [0.3, 0.4) is 0 Å². The van der Waals surface area contributed by atoms with Crippen LogP contribution >= 0.6 is 15.9 Å². The number of nitrogen functional groups attached to an aromatic ring is 1. The molecule has 1 aromatic carbocycles. The fourth-order valence-corrected chi connectivity index (χ4v) is 5.99. The minimum atomic E-state index is -3.41. The first-order valence-corrected chi connectivity index (χ1v) is 9.28. The van der Waals surface area contributed by atoms with Crippen LogP contribution in [-0.2, 0) is 19.3 Å². The third-order valence-electron chi connectivity index (χ3n) is 4.22. The minimum absolute atomic E-state index is 0.303. The molecular weight excluding hydrogens is 358 g/mol. The quantitative estimate of drug-likeness (QED) is 0.801. The number of halogens is 1. The van der Waals surface area contributed by atoms with Crippen LogP contribution in [0.4, 0.5) is 5.69 Å². The van der Waals surface area contributed by atoms with Crippen molar-refractivity contribution in [2.45, 2.75) is 35.0 Å². The topological polar surface area (TPSA) is 78.6 Å². The van der Waals surface area contributed by atoms with E-state index in [-0.39, 0.29) is 0 Å². The van der Waals surface area contributed by atoms with Crippen LogP contribution in [0.1, 0.15) is 19.3 Å². The van der Waals surface area contributed by atoms with Gasteiger partial charge in [0.05, 0.1) is 22.4 Å². The molecule has 2 aliphatic rings. The van der Waals surface area contributed by atoms with E-state index < -0.39 is 20.7 Å². The molecule has 2 unspecified atom stereocenters. The number of hydrogen-bond donors (Lipinski definition) is 1. The smallest absolute Gasteiger partial charge is 0.182 e. The van der Waals surface area contributed by atoms with E-state index in [4.69, 9.17) is 15.2 Å². The van der Waals surface area contributed by atoms with Gasteiger partial charge >= 0.3 is 0 Å². The number of benzene rings is 1. The van der Waals surface area contributed by atoms with Gasteiger partial charge < -0.3 is 15.2 Å². The number of hydrogen-bond acceptors (Lipinski definition) is 5. The first-order chi connectivity index (χ1) is 9.93. The zero-order valence-corrected chi connectivity index (χ0v) is 14.0. The van der Waals surface area contributed by atoms with Crippen molar-refractivity contribution in [1.82, 2.24) is 0 Å². The molecule has 2 atom stereocenters. The summed E-state index contributed by atoms with van der Waals surface area (Å²) in [4.78, 5) is 0.303. The van der Waals surface area contributed by atoms with E-state index in [9.17, 15) is 8.42 Å². The van der Waals surface area contributed by atoms with Crippen LogP contribution in [0, 0.1) is 0 Å². The van der Waals surface area contributed by atoms with Crippen molar-refractivity contribution in [1.29, 1.82) is 0 Å². The number of nitrogens with two attached hydrogens (primary N) is 1. The van der Waals surface area contributed by atoms with Gasteiger partial charge in [-0.2, -0.15) is 0 Å². The van der Waals surface area contributed by atoms with Gasteiger partial charge in [-0.25, -0.2) is 8.42 Å². The van der Waals surface area contributed by atoms with Gasteiger partial charge in [-0.3, -0.25) is 0 Å². The van der Waals surface area contributed by atoms with Crippen LogP contribution in [0.25, 0.3) is 0 Å². The first-order valence-electron chi connectivity index (χ1n) is 6.94. The molecular formula is C14H18BrNO4S. The molecule has 2 aliphatic heterocycles. The molecule has 2 saturated heterocycles. The van der Waals surface area contributed by atoms with Gasteiger partial charge in [0.15, 0.2) is 9.84 Å². The summed E-state index contributed by atoms with van der Waals surface area (Å²) in [5.74, 6) is 0. The summed E-state index contributed by atoms with van der Waals surface area (Å²) in [5, 5.41) is -0.437. The Kier molecular flexibility index (Phi) is 4.02. The van der Waals surface area contributed by atoms with Crippen LogP contribution in [0.5, 0.6) is 0 Å². The second-order valence-corrected chi connectivity index (χ2v) is 8.73. The van der Waals surface area contributed by atoms with E-state index in [0.29, 0.717) is 47.7 Å². The third-order valence-corrected chi connectivity index (χ3v) is 7.38. The molecule has 3 rings (SSSR count). The average Bonchev–Trinajstić information content (AvgIpc) is 2.86. The van der Waals surface area contributed by atoms with Crippen molar-refractivity contribution in [3.05, 3.63) is 22.7 Å². The molecule has 116 valence electrons. The summed E-state index contributed by atoms with van der Waals surface area (Å²) in [7, 11) is -3.41. The second kappa shape index (κ2) is 5.53. The molecule has 2 fully saturated rings. The van der Waals surface area contributed by atoms with Crippen molar-refractivity contribution < 1.29 is 17.9 Å². The van der Waals surface area contributed by atoms with Crippen molar-refractivity contribution in [2.75, 3.05) is 25.6 Å². The van der Waals surface area contributed by atoms with E-state index in [1.807, 2.05) is 0 Å². The molecule has 0 saturated carbocycles. The Morgan fingerprint density at radius 3 is 2.81 bits per heavy atom. The lowest BCUT2D eigenvalue weighted by Crippen LogP contribution is -2.45. The third kappa shape index (κ3) is 2.84. The van der Waals surface area contributed by atoms with Crippen molar-refractivity contribution >= 4 is 31.5 Å². The zero-order chi connectivity index (χ0) is 15.1. The molecule has 21 heavy (non-hydrogen) atoms. The van der Waals surface area contributed by atoms with Crippen LogP contribution in [0.15, 0.2) is 27.6 Å². The van der Waals surface area contributed by atoms with Crippen LogP contribution in [0.2, 0.25) is 0 Å². The maximum absolute atomic E-state index is 12.9. The lowest BCUT2D eigenvalue weighted by Gasteiger charge is -2.36. The maximum Gasteiger partial charge on any atom is 0.182 e. The highest BCUT2D eigenvalue weighted by atomic mass is 79.9. The molecule has 0 aliphatic carbocycles. The number of ether oxygens (including phenoxy) is 2. The van der Waals surface area contributed by atoms with Crippen LogP contribution in [-0.4, -0.2) is 39.1 Å². The van der Waals surface area contributed by atoms with Gasteiger partial charge in [-0.05, 0) is 47.0 Å². The molecule has 0 radical (unpaired) electrons. The van der Waals surface area contributed by atoms with Gasteiger partial charge in [0.25, 0.3) is 0 Å². The standard InChI is InChI=1S/C14H18BrNO4S/c15-12-7-10(16)1-2-13(12)21(17,18)11-3-5-20-14(8-11)4-6-19-9-14/h1-2,7,11H,3-6,8-9,16H2. The molecule has 1 spiro atoms. The number of rotatable bonds is 2. The average molecular weight is 376 g/mol. The minimum Gasteiger partial charge on any atom is -0.399 e. The highest BCUT2D eigenvalue weighted by molar-refractivity contribution is 9.10.